The normalized spacial score (nSPS) is 14.1. The number of carbonyl (C=O) groups is 4. The van der Waals surface area contributed by atoms with Gasteiger partial charge in [0.1, 0.15) is 19.3 Å². The molecule has 0 bridgehead atoms. The van der Waals surface area contributed by atoms with E-state index >= 15 is 0 Å². The number of carbonyl (C=O) groups excluding carboxylic acids is 4. The minimum absolute atomic E-state index is 0.106. The SMILES string of the molecule is CCCCCCCCCCCCCCCCCCCCC(=O)OC[C@H](COP(=O)(O)OC[C@@H](O)COP(=O)(O)OC[C@@H](COC(=O)CCCCCCCCCC(C)C)OC(=O)CCCCCCCCCCCCCCC(C)C)OC(=O)CCCCCCCCCCCCCCCCCCCCC(C)CC. The average Bonchev–Trinajstić information content (AvgIpc) is 0.905. The number of ether oxygens (including phenoxy) is 4. The average molecular weight is 1540 g/mol. The maximum Gasteiger partial charge on any atom is 0.472 e. The lowest BCUT2D eigenvalue weighted by molar-refractivity contribution is -0.161. The monoisotopic (exact) mass is 1540 g/mol. The highest BCUT2D eigenvalue weighted by Crippen LogP contribution is 2.45. The molecule has 0 aliphatic rings. The van der Waals surface area contributed by atoms with Crippen LogP contribution in [0.1, 0.15) is 453 Å². The zero-order chi connectivity index (χ0) is 77.2. The van der Waals surface area contributed by atoms with E-state index in [-0.39, 0.29) is 25.7 Å². The molecule has 0 rings (SSSR count). The summed E-state index contributed by atoms with van der Waals surface area (Å²) < 4.78 is 68.9. The number of phosphoric acid groups is 2. The molecule has 0 aromatic rings. The second-order valence-corrected chi connectivity index (χ2v) is 35.0. The predicted molar refractivity (Wildman–Crippen MR) is 432 cm³/mol. The van der Waals surface area contributed by atoms with E-state index in [1.807, 2.05) is 0 Å². The van der Waals surface area contributed by atoms with Crippen molar-refractivity contribution in [3.63, 3.8) is 0 Å². The Bertz CT molecular complexity index is 2030. The fourth-order valence-electron chi connectivity index (χ4n) is 13.3. The van der Waals surface area contributed by atoms with E-state index in [2.05, 4.69) is 48.5 Å². The number of hydrogen-bond donors (Lipinski definition) is 3. The van der Waals surface area contributed by atoms with Gasteiger partial charge in [0.05, 0.1) is 26.4 Å². The van der Waals surface area contributed by atoms with Crippen LogP contribution < -0.4 is 0 Å². The molecular formula is C86H168O17P2. The minimum atomic E-state index is -4.97. The van der Waals surface area contributed by atoms with E-state index < -0.39 is 97.5 Å². The molecule has 0 saturated carbocycles. The van der Waals surface area contributed by atoms with Crippen LogP contribution in [0.5, 0.6) is 0 Å². The first-order valence-corrected chi connectivity index (χ1v) is 47.4. The summed E-state index contributed by atoms with van der Waals surface area (Å²) in [7, 11) is -9.93. The highest BCUT2D eigenvalue weighted by molar-refractivity contribution is 7.47. The molecule has 105 heavy (non-hydrogen) atoms. The number of aliphatic hydroxyl groups excluding tert-OH is 1. The molecule has 0 aliphatic carbocycles. The lowest BCUT2D eigenvalue weighted by Crippen LogP contribution is -2.30. The topological polar surface area (TPSA) is 237 Å². The quantitative estimate of drug-likeness (QED) is 0.0222. The summed E-state index contributed by atoms with van der Waals surface area (Å²) >= 11 is 0. The Labute approximate surface area is 645 Å². The van der Waals surface area contributed by atoms with Crippen molar-refractivity contribution in [2.75, 3.05) is 39.6 Å². The van der Waals surface area contributed by atoms with Crippen molar-refractivity contribution in [3.8, 4) is 0 Å². The molecule has 19 heteroatoms. The smallest absolute Gasteiger partial charge is 0.462 e. The van der Waals surface area contributed by atoms with Crippen LogP contribution in [0.3, 0.4) is 0 Å². The largest absolute Gasteiger partial charge is 0.472 e. The van der Waals surface area contributed by atoms with Gasteiger partial charge in [0.25, 0.3) is 0 Å². The van der Waals surface area contributed by atoms with E-state index in [0.29, 0.717) is 31.6 Å². The first-order valence-electron chi connectivity index (χ1n) is 44.4. The zero-order valence-electron chi connectivity index (χ0n) is 69.2. The van der Waals surface area contributed by atoms with Crippen LogP contribution in [-0.2, 0) is 65.4 Å². The highest BCUT2D eigenvalue weighted by atomic mass is 31.2. The molecule has 3 N–H and O–H groups in total. The summed E-state index contributed by atoms with van der Waals surface area (Å²) in [6, 6.07) is 0. The zero-order valence-corrected chi connectivity index (χ0v) is 71.0. The van der Waals surface area contributed by atoms with Gasteiger partial charge in [0.15, 0.2) is 12.2 Å². The van der Waals surface area contributed by atoms with E-state index in [1.165, 1.54) is 257 Å². The molecule has 0 amide bonds. The second-order valence-electron chi connectivity index (χ2n) is 32.1. The van der Waals surface area contributed by atoms with Crippen LogP contribution in [0, 0.1) is 17.8 Å². The Morgan fingerprint density at radius 2 is 0.486 bits per heavy atom. The van der Waals surface area contributed by atoms with Gasteiger partial charge in [-0.15, -0.1) is 0 Å². The number of aliphatic hydroxyl groups is 1. The maximum atomic E-state index is 13.1. The molecule has 6 atom stereocenters. The lowest BCUT2D eigenvalue weighted by Gasteiger charge is -2.21. The molecule has 0 spiro atoms. The number of rotatable bonds is 84. The molecule has 624 valence electrons. The standard InChI is InChI=1S/C86H168O17P2/c1-8-10-11-12-13-14-15-16-17-18-22-25-28-34-39-46-53-60-67-83(88)96-73-81(102-85(90)69-62-55-47-40-35-29-26-23-20-19-21-24-27-33-38-45-52-59-66-79(7)9-2)75-100-104(92,93)98-71-80(87)72-99-105(94,95)101-76-82(74-97-84(89)68-61-54-49-42-44-51-58-65-78(5)6)103-86(91)70-63-56-48-41-36-31-30-32-37-43-50-57-64-77(3)4/h77-82,87H,8-76H2,1-7H3,(H,92,93)(H,94,95)/t79?,80-,81-,82-/m1/s1. The van der Waals surface area contributed by atoms with Crippen LogP contribution in [0.4, 0.5) is 0 Å². The van der Waals surface area contributed by atoms with Gasteiger partial charge >= 0.3 is 39.5 Å². The van der Waals surface area contributed by atoms with Gasteiger partial charge in [0, 0.05) is 25.7 Å². The Morgan fingerprint density at radius 1 is 0.276 bits per heavy atom. The van der Waals surface area contributed by atoms with E-state index in [9.17, 15) is 43.2 Å². The van der Waals surface area contributed by atoms with Crippen LogP contribution in [-0.4, -0.2) is 96.7 Å². The highest BCUT2D eigenvalue weighted by Gasteiger charge is 2.30. The van der Waals surface area contributed by atoms with Crippen LogP contribution in [0.25, 0.3) is 0 Å². The lowest BCUT2D eigenvalue weighted by atomic mass is 9.99. The summed E-state index contributed by atoms with van der Waals surface area (Å²) in [6.07, 6.45) is 66.7. The summed E-state index contributed by atoms with van der Waals surface area (Å²) in [4.78, 5) is 73.2. The third-order valence-corrected chi connectivity index (χ3v) is 22.4. The molecule has 0 fully saturated rings. The Hall–Kier alpha value is -1.94. The van der Waals surface area contributed by atoms with E-state index in [4.69, 9.17) is 37.0 Å². The first-order chi connectivity index (χ1) is 50.8. The van der Waals surface area contributed by atoms with Crippen molar-refractivity contribution in [1.82, 2.24) is 0 Å². The summed E-state index contributed by atoms with van der Waals surface area (Å²) in [5, 5.41) is 10.7. The molecule has 0 aromatic heterocycles. The third kappa shape index (κ3) is 78.5. The second kappa shape index (κ2) is 76.1. The Kier molecular flexibility index (Phi) is 74.7. The minimum Gasteiger partial charge on any atom is -0.462 e. The van der Waals surface area contributed by atoms with Crippen molar-refractivity contribution in [2.24, 2.45) is 17.8 Å². The Balaban J connectivity index is 5.22. The fraction of sp³-hybridized carbons (Fsp3) is 0.953. The molecule has 3 unspecified atom stereocenters. The van der Waals surface area contributed by atoms with Gasteiger partial charge in [-0.3, -0.25) is 37.3 Å². The molecular weight excluding hydrogens is 1370 g/mol. The first kappa shape index (κ1) is 103. The molecule has 0 heterocycles. The number of phosphoric ester groups is 2. The summed E-state index contributed by atoms with van der Waals surface area (Å²) in [6.45, 7) is 12.0. The van der Waals surface area contributed by atoms with Crippen LogP contribution in [0.2, 0.25) is 0 Å². The summed E-state index contributed by atoms with van der Waals surface area (Å²) in [5.41, 5.74) is 0. The predicted octanol–water partition coefficient (Wildman–Crippen LogP) is 26.1. The van der Waals surface area contributed by atoms with Crippen molar-refractivity contribution in [1.29, 1.82) is 0 Å². The van der Waals surface area contributed by atoms with Crippen molar-refractivity contribution in [2.45, 2.75) is 471 Å². The number of hydrogen-bond acceptors (Lipinski definition) is 15. The Morgan fingerprint density at radius 3 is 0.724 bits per heavy atom. The third-order valence-electron chi connectivity index (χ3n) is 20.5. The van der Waals surface area contributed by atoms with Gasteiger partial charge in [-0.05, 0) is 43.4 Å². The van der Waals surface area contributed by atoms with Gasteiger partial charge < -0.3 is 33.8 Å². The van der Waals surface area contributed by atoms with Gasteiger partial charge in [-0.25, -0.2) is 9.13 Å². The van der Waals surface area contributed by atoms with Crippen LogP contribution in [0.15, 0.2) is 0 Å². The number of esters is 4. The van der Waals surface area contributed by atoms with Crippen LogP contribution >= 0.6 is 15.6 Å². The fourth-order valence-corrected chi connectivity index (χ4v) is 14.9. The van der Waals surface area contributed by atoms with Gasteiger partial charge in [0.2, 0.25) is 0 Å². The van der Waals surface area contributed by atoms with Gasteiger partial charge in [-0.1, -0.05) is 402 Å². The number of unbranched alkanes of at least 4 members (excludes halogenated alkanes) is 51. The molecule has 0 aromatic carbocycles. The van der Waals surface area contributed by atoms with E-state index in [1.54, 1.807) is 0 Å². The van der Waals surface area contributed by atoms with Crippen molar-refractivity contribution < 1.29 is 80.2 Å². The maximum absolute atomic E-state index is 13.1. The van der Waals surface area contributed by atoms with Crippen molar-refractivity contribution in [3.05, 3.63) is 0 Å². The molecule has 0 aliphatic heterocycles. The van der Waals surface area contributed by atoms with Gasteiger partial charge in [-0.2, -0.15) is 0 Å². The molecule has 0 saturated heterocycles. The van der Waals surface area contributed by atoms with E-state index in [0.717, 1.165) is 108 Å². The summed E-state index contributed by atoms with van der Waals surface area (Å²) in [5.74, 6) is 0.247. The molecule has 17 nitrogen and oxygen atoms in total. The van der Waals surface area contributed by atoms with Crippen molar-refractivity contribution >= 4 is 39.5 Å². The molecule has 0 radical (unpaired) electrons.